The van der Waals surface area contributed by atoms with E-state index in [9.17, 15) is 14.7 Å². The van der Waals surface area contributed by atoms with Crippen LogP contribution >= 0.6 is 12.2 Å². The lowest BCUT2D eigenvalue weighted by Crippen LogP contribution is -2.32. The van der Waals surface area contributed by atoms with Gasteiger partial charge in [-0.05, 0) is 92.6 Å². The van der Waals surface area contributed by atoms with Crippen molar-refractivity contribution in [2.45, 2.75) is 39.3 Å². The molecule has 2 aromatic heterocycles. The first-order valence-electron chi connectivity index (χ1n) is 13.1. The van der Waals surface area contributed by atoms with Crippen LogP contribution in [-0.4, -0.2) is 43.1 Å². The van der Waals surface area contributed by atoms with Crippen molar-refractivity contribution < 1.29 is 14.7 Å². The largest absolute Gasteiger partial charge is 0.478 e. The lowest BCUT2D eigenvalue weighted by atomic mass is 9.96. The Kier molecular flexibility index (Phi) is 7.66. The number of hydrogen-bond donors (Lipinski definition) is 3. The van der Waals surface area contributed by atoms with Gasteiger partial charge in [-0.2, -0.15) is 0 Å². The van der Waals surface area contributed by atoms with Crippen molar-refractivity contribution in [3.8, 4) is 5.69 Å². The first-order chi connectivity index (χ1) is 19.2. The van der Waals surface area contributed by atoms with Crippen LogP contribution < -0.4 is 10.6 Å². The third-order valence-electron chi connectivity index (χ3n) is 7.22. The first-order valence-corrected chi connectivity index (χ1v) is 13.5. The Balaban J connectivity index is 1.48. The van der Waals surface area contributed by atoms with Crippen LogP contribution in [0.1, 0.15) is 57.1 Å². The summed E-state index contributed by atoms with van der Waals surface area (Å²) in [5, 5.41) is 16.5. The molecule has 0 unspecified atom stereocenters. The number of carboxylic acids is 1. The molecule has 8 nitrogen and oxygen atoms in total. The Bertz CT molecular complexity index is 1580. The fraction of sp³-hybridized carbons (Fsp3) is 0.226. The molecule has 4 aromatic rings. The minimum atomic E-state index is -0.972. The van der Waals surface area contributed by atoms with Crippen LogP contribution in [0.2, 0.25) is 0 Å². The third-order valence-corrected chi connectivity index (χ3v) is 7.57. The van der Waals surface area contributed by atoms with E-state index in [1.807, 2.05) is 69.3 Å². The number of aromatic carboxylic acids is 1. The number of rotatable bonds is 8. The number of carbonyl (C=O) groups excluding carboxylic acids is 1. The van der Waals surface area contributed by atoms with E-state index in [1.165, 1.54) is 0 Å². The maximum Gasteiger partial charge on any atom is 0.335 e. The number of anilines is 1. The van der Waals surface area contributed by atoms with Crippen LogP contribution in [-0.2, 0) is 4.79 Å². The molecule has 3 heterocycles. The molecule has 1 aliphatic heterocycles. The van der Waals surface area contributed by atoms with E-state index in [0.717, 1.165) is 39.6 Å². The van der Waals surface area contributed by atoms with Crippen molar-refractivity contribution in [2.24, 2.45) is 0 Å². The second-order valence-electron chi connectivity index (χ2n) is 10.0. The van der Waals surface area contributed by atoms with Crippen LogP contribution in [0.5, 0.6) is 0 Å². The molecule has 1 fully saturated rings. The summed E-state index contributed by atoms with van der Waals surface area (Å²) in [7, 11) is 0. The maximum absolute atomic E-state index is 12.9. The number of benzene rings is 2. The zero-order valence-corrected chi connectivity index (χ0v) is 23.4. The van der Waals surface area contributed by atoms with Gasteiger partial charge in [0.15, 0.2) is 5.11 Å². The molecule has 3 N–H and O–H groups in total. The summed E-state index contributed by atoms with van der Waals surface area (Å²) in [6.45, 7) is 6.42. The van der Waals surface area contributed by atoms with Gasteiger partial charge in [-0.1, -0.05) is 24.3 Å². The summed E-state index contributed by atoms with van der Waals surface area (Å²) >= 11 is 5.80. The average molecular weight is 554 g/mol. The van der Waals surface area contributed by atoms with Crippen molar-refractivity contribution in [1.29, 1.82) is 0 Å². The minimum absolute atomic E-state index is 0.0932. The molecular formula is C31H31N5O3S. The lowest BCUT2D eigenvalue weighted by molar-refractivity contribution is -0.116. The normalized spacial score (nSPS) is 16.6. The van der Waals surface area contributed by atoms with Gasteiger partial charge in [0.1, 0.15) is 0 Å². The van der Waals surface area contributed by atoms with Gasteiger partial charge < -0.3 is 25.2 Å². The summed E-state index contributed by atoms with van der Waals surface area (Å²) < 4.78 is 2.06. The van der Waals surface area contributed by atoms with Crippen LogP contribution in [0.3, 0.4) is 0 Å². The molecule has 0 aliphatic carbocycles. The van der Waals surface area contributed by atoms with E-state index in [-0.39, 0.29) is 30.0 Å². The Morgan fingerprint density at radius 1 is 1.02 bits per heavy atom. The van der Waals surface area contributed by atoms with Gasteiger partial charge in [0.25, 0.3) is 0 Å². The molecule has 1 saturated heterocycles. The minimum Gasteiger partial charge on any atom is -0.478 e. The fourth-order valence-corrected chi connectivity index (χ4v) is 5.75. The quantitative estimate of drug-likeness (QED) is 0.248. The lowest BCUT2D eigenvalue weighted by Gasteiger charge is -2.28. The standard InChI is InChI=1S/C31H31N5O3S/c1-19-8-6-10-23(16-19)33-27(37)13-15-35-29(28(34-31(35)40)26-12-4-5-14-32-26)25-17-20(2)36(21(25)3)24-11-7-9-22(18-24)30(38)39/h4-12,14,16-18,28-29H,13,15H2,1-3H3,(H,33,37)(H,34,40)(H,38,39)/t28-,29+/m1/s1. The molecule has 0 saturated carbocycles. The van der Waals surface area contributed by atoms with Crippen molar-refractivity contribution in [2.75, 3.05) is 11.9 Å². The van der Waals surface area contributed by atoms with Crippen molar-refractivity contribution in [1.82, 2.24) is 19.8 Å². The van der Waals surface area contributed by atoms with Gasteiger partial charge in [-0.15, -0.1) is 0 Å². The topological polar surface area (TPSA) is 99.5 Å². The van der Waals surface area contributed by atoms with E-state index in [4.69, 9.17) is 12.2 Å². The SMILES string of the molecule is Cc1cccc(NC(=O)CCN2C(=S)N[C@H](c3ccccn3)[C@@H]2c2cc(C)n(-c3cccc(C(=O)O)c3)c2C)c1. The number of aryl methyl sites for hydroxylation is 2. The first kappa shape index (κ1) is 27.1. The number of nitrogens with zero attached hydrogens (tertiary/aromatic N) is 3. The van der Waals surface area contributed by atoms with Gasteiger partial charge >= 0.3 is 5.97 Å². The van der Waals surface area contributed by atoms with E-state index in [1.54, 1.807) is 24.4 Å². The van der Waals surface area contributed by atoms with Gasteiger partial charge in [0, 0.05) is 41.9 Å². The zero-order chi connectivity index (χ0) is 28.4. The van der Waals surface area contributed by atoms with Gasteiger partial charge in [0.2, 0.25) is 5.91 Å². The Morgan fingerprint density at radius 2 is 1.82 bits per heavy atom. The molecule has 2 aromatic carbocycles. The van der Waals surface area contributed by atoms with Gasteiger partial charge in [0.05, 0.1) is 23.3 Å². The van der Waals surface area contributed by atoms with E-state index < -0.39 is 5.97 Å². The van der Waals surface area contributed by atoms with Crippen LogP contribution in [0, 0.1) is 20.8 Å². The number of aromatic nitrogens is 2. The van der Waals surface area contributed by atoms with E-state index in [0.29, 0.717) is 11.7 Å². The van der Waals surface area contributed by atoms with Crippen LogP contribution in [0.15, 0.2) is 79.0 Å². The molecule has 1 aliphatic rings. The van der Waals surface area contributed by atoms with Crippen LogP contribution in [0.4, 0.5) is 5.69 Å². The van der Waals surface area contributed by atoms with Crippen molar-refractivity contribution in [3.05, 3.63) is 113 Å². The number of hydrogen-bond acceptors (Lipinski definition) is 4. The number of carboxylic acid groups (broad SMARTS) is 1. The van der Waals surface area contributed by atoms with Crippen molar-refractivity contribution >= 4 is 34.9 Å². The smallest absolute Gasteiger partial charge is 0.335 e. The van der Waals surface area contributed by atoms with Gasteiger partial charge in [-0.3, -0.25) is 9.78 Å². The Hall–Kier alpha value is -4.50. The molecule has 204 valence electrons. The highest BCUT2D eigenvalue weighted by Crippen LogP contribution is 2.41. The van der Waals surface area contributed by atoms with Gasteiger partial charge in [-0.25, -0.2) is 4.79 Å². The third kappa shape index (κ3) is 5.46. The number of amides is 1. The molecule has 40 heavy (non-hydrogen) atoms. The number of thiocarbonyl (C=S) groups is 1. The number of pyridine rings is 1. The highest BCUT2D eigenvalue weighted by atomic mass is 32.1. The van der Waals surface area contributed by atoms with Crippen LogP contribution in [0.25, 0.3) is 5.69 Å². The molecule has 0 bridgehead atoms. The maximum atomic E-state index is 12.9. The van der Waals surface area contributed by atoms with E-state index in [2.05, 4.69) is 31.2 Å². The molecule has 9 heteroatoms. The summed E-state index contributed by atoms with van der Waals surface area (Å²) in [5.74, 6) is -1.07. The average Bonchev–Trinajstić information content (AvgIpc) is 3.42. The number of carbonyl (C=O) groups is 2. The summed E-state index contributed by atoms with van der Waals surface area (Å²) in [6, 6.07) is 22.1. The second kappa shape index (κ2) is 11.3. The molecule has 5 rings (SSSR count). The predicted molar refractivity (Wildman–Crippen MR) is 159 cm³/mol. The molecule has 2 atom stereocenters. The molecular weight excluding hydrogens is 522 g/mol. The molecule has 1 amide bonds. The highest BCUT2D eigenvalue weighted by Gasteiger charge is 2.41. The number of nitrogens with one attached hydrogen (secondary N) is 2. The Morgan fingerprint density at radius 3 is 2.55 bits per heavy atom. The zero-order valence-electron chi connectivity index (χ0n) is 22.6. The monoisotopic (exact) mass is 553 g/mol. The predicted octanol–water partition coefficient (Wildman–Crippen LogP) is 5.50. The summed E-state index contributed by atoms with van der Waals surface area (Å²) in [6.07, 6.45) is 2.01. The summed E-state index contributed by atoms with van der Waals surface area (Å²) in [4.78, 5) is 31.2. The Labute approximate surface area is 238 Å². The highest BCUT2D eigenvalue weighted by molar-refractivity contribution is 7.80. The summed E-state index contributed by atoms with van der Waals surface area (Å²) in [5.41, 5.74) is 6.64. The molecule has 0 spiro atoms. The van der Waals surface area contributed by atoms with Crippen molar-refractivity contribution in [3.63, 3.8) is 0 Å². The van der Waals surface area contributed by atoms with E-state index >= 15 is 0 Å². The second-order valence-corrected chi connectivity index (χ2v) is 10.4. The fourth-order valence-electron chi connectivity index (χ4n) is 5.42. The molecule has 0 radical (unpaired) electrons.